The van der Waals surface area contributed by atoms with E-state index in [1.54, 1.807) is 0 Å². The van der Waals surface area contributed by atoms with Gasteiger partial charge in [-0.2, -0.15) is 0 Å². The van der Waals surface area contributed by atoms with Crippen LogP contribution in [0, 0.1) is 11.7 Å². The van der Waals surface area contributed by atoms with Crippen molar-refractivity contribution in [3.63, 3.8) is 0 Å². The molecular weight excluding hydrogens is 481 g/mol. The van der Waals surface area contributed by atoms with E-state index in [4.69, 9.17) is 27.1 Å². The third-order valence-electron chi connectivity index (χ3n) is 8.08. The van der Waals surface area contributed by atoms with Crippen molar-refractivity contribution in [2.24, 2.45) is 11.7 Å². The third-order valence-corrected chi connectivity index (χ3v) is 8.44. The highest BCUT2D eigenvalue weighted by Crippen LogP contribution is 2.48. The maximum Gasteiger partial charge on any atom is 0.254 e. The number of fused-ring (bicyclic) bond motifs is 1. The molecule has 2 N–H and O–H groups in total. The van der Waals surface area contributed by atoms with E-state index in [2.05, 4.69) is 9.47 Å². The van der Waals surface area contributed by atoms with Gasteiger partial charge in [0, 0.05) is 37.7 Å². The minimum absolute atomic E-state index is 0.0185. The molecular formula is C27H29ClFN5O2. The largest absolute Gasteiger partial charge is 0.489 e. The zero-order chi connectivity index (χ0) is 24.6. The second kappa shape index (κ2) is 8.35. The summed E-state index contributed by atoms with van der Waals surface area (Å²) in [5, 5.41) is 0.196. The minimum atomic E-state index is -0.386. The monoisotopic (exact) mass is 509 g/mol. The van der Waals surface area contributed by atoms with Gasteiger partial charge in [-0.3, -0.25) is 4.79 Å². The summed E-state index contributed by atoms with van der Waals surface area (Å²) in [6, 6.07) is 7.02. The maximum absolute atomic E-state index is 14.5. The molecule has 0 bridgehead atoms. The molecule has 1 saturated heterocycles. The first-order valence-corrected chi connectivity index (χ1v) is 13.3. The molecule has 0 spiro atoms. The number of piperidine rings is 1. The molecule has 36 heavy (non-hydrogen) atoms. The average Bonchev–Trinajstić information content (AvgIpc) is 3.52. The van der Waals surface area contributed by atoms with E-state index in [-0.39, 0.29) is 28.8 Å². The summed E-state index contributed by atoms with van der Waals surface area (Å²) < 4.78 is 22.7. The van der Waals surface area contributed by atoms with E-state index in [1.165, 1.54) is 18.9 Å². The smallest absolute Gasteiger partial charge is 0.254 e. The summed E-state index contributed by atoms with van der Waals surface area (Å²) in [7, 11) is 0. The predicted molar refractivity (Wildman–Crippen MR) is 136 cm³/mol. The van der Waals surface area contributed by atoms with Crippen molar-refractivity contribution in [3.8, 4) is 5.75 Å². The summed E-state index contributed by atoms with van der Waals surface area (Å²) in [5.74, 6) is 1.80. The fourth-order valence-corrected chi connectivity index (χ4v) is 6.44. The number of hydrogen-bond donors (Lipinski definition) is 1. The van der Waals surface area contributed by atoms with Crippen LogP contribution in [0.25, 0.3) is 11.0 Å². The number of aromatic nitrogens is 2. The molecule has 4 heterocycles. The van der Waals surface area contributed by atoms with Crippen molar-refractivity contribution >= 4 is 34.2 Å². The molecule has 2 aromatic carbocycles. The molecule has 4 aliphatic rings. The van der Waals surface area contributed by atoms with Gasteiger partial charge in [0.1, 0.15) is 29.5 Å². The second-order valence-corrected chi connectivity index (χ2v) is 11.0. The summed E-state index contributed by atoms with van der Waals surface area (Å²) in [6.07, 6.45) is 4.95. The summed E-state index contributed by atoms with van der Waals surface area (Å²) in [6.45, 7) is 3.32. The van der Waals surface area contributed by atoms with E-state index in [1.807, 2.05) is 23.1 Å². The standard InChI is InChI=1S/C27H29ClFN5O2/c28-23-19(29)6-5-16-11-21(34(24(16)23)13-15-3-4-15)26-31-20-10-17(12-22-25(20)33(26)8-9-36-22)27(35)32-7-1-2-18(30)14-32/h5-6,10,12,15,18,21H,1-4,7-9,11,13-14,30H2/t18-,21?/m1/s1. The molecule has 1 aromatic heterocycles. The highest BCUT2D eigenvalue weighted by atomic mass is 35.5. The first-order valence-electron chi connectivity index (χ1n) is 12.9. The Morgan fingerprint density at radius 1 is 1.22 bits per heavy atom. The Labute approximate surface area is 213 Å². The van der Waals surface area contributed by atoms with Gasteiger partial charge in [-0.1, -0.05) is 17.7 Å². The van der Waals surface area contributed by atoms with E-state index in [9.17, 15) is 9.18 Å². The number of carbonyl (C=O) groups excluding carboxylic acids is 1. The van der Waals surface area contributed by atoms with Gasteiger partial charge < -0.3 is 24.8 Å². The number of rotatable bonds is 4. The lowest BCUT2D eigenvalue weighted by atomic mass is 10.0. The van der Waals surface area contributed by atoms with Crippen molar-refractivity contribution in [1.29, 1.82) is 0 Å². The number of hydrogen-bond acceptors (Lipinski definition) is 5. The van der Waals surface area contributed by atoms with E-state index >= 15 is 0 Å². The van der Waals surface area contributed by atoms with Crippen LogP contribution in [-0.2, 0) is 13.0 Å². The lowest BCUT2D eigenvalue weighted by molar-refractivity contribution is 0.0708. The Bertz CT molecular complexity index is 1390. The van der Waals surface area contributed by atoms with Gasteiger partial charge in [-0.05, 0) is 55.4 Å². The van der Waals surface area contributed by atoms with Gasteiger partial charge in [0.15, 0.2) is 0 Å². The molecule has 3 aromatic rings. The molecule has 7 rings (SSSR count). The molecule has 2 fully saturated rings. The second-order valence-electron chi connectivity index (χ2n) is 10.7. The fourth-order valence-electron chi connectivity index (χ4n) is 6.14. The Balaban J connectivity index is 1.30. The number of benzene rings is 2. The first-order chi connectivity index (χ1) is 17.5. The molecule has 2 atom stereocenters. The van der Waals surface area contributed by atoms with Gasteiger partial charge in [0.2, 0.25) is 0 Å². The minimum Gasteiger partial charge on any atom is -0.489 e. The Morgan fingerprint density at radius 2 is 2.08 bits per heavy atom. The summed E-state index contributed by atoms with van der Waals surface area (Å²) in [4.78, 5) is 22.5. The van der Waals surface area contributed by atoms with Crippen LogP contribution in [0.2, 0.25) is 5.02 Å². The van der Waals surface area contributed by atoms with Crippen LogP contribution in [0.15, 0.2) is 24.3 Å². The zero-order valence-corrected chi connectivity index (χ0v) is 20.8. The third kappa shape index (κ3) is 3.57. The van der Waals surface area contributed by atoms with Crippen molar-refractivity contribution in [1.82, 2.24) is 14.5 Å². The number of anilines is 1. The number of amides is 1. The van der Waals surface area contributed by atoms with Gasteiger partial charge in [0.05, 0.1) is 28.8 Å². The molecule has 3 aliphatic heterocycles. The molecule has 1 unspecified atom stereocenters. The quantitative estimate of drug-likeness (QED) is 0.567. The van der Waals surface area contributed by atoms with Gasteiger partial charge >= 0.3 is 0 Å². The maximum atomic E-state index is 14.5. The molecule has 1 saturated carbocycles. The topological polar surface area (TPSA) is 76.6 Å². The highest BCUT2D eigenvalue weighted by molar-refractivity contribution is 6.33. The average molecular weight is 510 g/mol. The van der Waals surface area contributed by atoms with Crippen molar-refractivity contribution < 1.29 is 13.9 Å². The number of imidazole rings is 1. The van der Waals surface area contributed by atoms with E-state index < -0.39 is 0 Å². The van der Waals surface area contributed by atoms with E-state index in [0.717, 1.165) is 53.9 Å². The van der Waals surface area contributed by atoms with Crippen LogP contribution < -0.4 is 15.4 Å². The van der Waals surface area contributed by atoms with Crippen molar-refractivity contribution in [3.05, 3.63) is 52.1 Å². The number of nitrogens with two attached hydrogens (primary N) is 1. The normalized spacial score (nSPS) is 23.2. The van der Waals surface area contributed by atoms with Crippen molar-refractivity contribution in [2.45, 2.75) is 50.7 Å². The molecule has 0 radical (unpaired) electrons. The molecule has 1 aliphatic carbocycles. The van der Waals surface area contributed by atoms with Crippen molar-refractivity contribution in [2.75, 3.05) is 31.1 Å². The molecule has 9 heteroatoms. The summed E-state index contributed by atoms with van der Waals surface area (Å²) in [5.41, 5.74) is 10.2. The highest BCUT2D eigenvalue weighted by Gasteiger charge is 2.40. The lowest BCUT2D eigenvalue weighted by Gasteiger charge is -2.31. The van der Waals surface area contributed by atoms with Crippen LogP contribution in [0.3, 0.4) is 0 Å². The molecule has 188 valence electrons. The number of carbonyl (C=O) groups is 1. The SMILES string of the molecule is N[C@@H]1CCCN(C(=O)c2cc3c4c(c2)nc(C2Cc5ccc(F)c(Cl)c5N2CC2CC2)n4CCO3)C1. The van der Waals surface area contributed by atoms with Gasteiger partial charge in [-0.25, -0.2) is 9.37 Å². The van der Waals surface area contributed by atoms with Gasteiger partial charge in [-0.15, -0.1) is 0 Å². The number of ether oxygens (including phenoxy) is 1. The summed E-state index contributed by atoms with van der Waals surface area (Å²) >= 11 is 6.50. The lowest BCUT2D eigenvalue weighted by Crippen LogP contribution is -2.45. The van der Waals surface area contributed by atoms with Crippen LogP contribution in [0.1, 0.15) is 53.5 Å². The Kier molecular flexibility index (Phi) is 5.19. The van der Waals surface area contributed by atoms with Gasteiger partial charge in [0.25, 0.3) is 5.91 Å². The van der Waals surface area contributed by atoms with E-state index in [0.29, 0.717) is 43.5 Å². The van der Waals surface area contributed by atoms with Crippen LogP contribution >= 0.6 is 11.6 Å². The van der Waals surface area contributed by atoms with Crippen LogP contribution in [0.5, 0.6) is 5.75 Å². The number of halogens is 2. The zero-order valence-electron chi connectivity index (χ0n) is 20.1. The van der Waals surface area contributed by atoms with Crippen LogP contribution in [-0.4, -0.2) is 52.6 Å². The first kappa shape index (κ1) is 22.4. The molecule has 7 nitrogen and oxygen atoms in total. The Hall–Kier alpha value is -2.84. The molecule has 1 amide bonds. The Morgan fingerprint density at radius 3 is 2.89 bits per heavy atom. The van der Waals surface area contributed by atoms with Crippen LogP contribution in [0.4, 0.5) is 10.1 Å². The predicted octanol–water partition coefficient (Wildman–Crippen LogP) is 4.30. The fraction of sp³-hybridized carbons (Fsp3) is 0.481. The number of likely N-dealkylation sites (tertiary alicyclic amines) is 1. The number of nitrogens with zero attached hydrogens (tertiary/aromatic N) is 4.